The molecule has 0 atom stereocenters. The molecule has 1 fully saturated rings. The van der Waals surface area contributed by atoms with Crippen LogP contribution in [0.5, 0.6) is 0 Å². The van der Waals surface area contributed by atoms with Crippen molar-refractivity contribution in [1.29, 1.82) is 0 Å². The van der Waals surface area contributed by atoms with E-state index in [1.54, 1.807) is 0 Å². The summed E-state index contributed by atoms with van der Waals surface area (Å²) >= 11 is 0. The zero-order chi connectivity index (χ0) is 15.4. The van der Waals surface area contributed by atoms with Gasteiger partial charge >= 0.3 is 0 Å². The molecule has 1 amide bonds. The Balaban J connectivity index is 1.75. The first-order valence-corrected chi connectivity index (χ1v) is 7.78. The number of nitrogens with one attached hydrogen (secondary N) is 2. The van der Waals surface area contributed by atoms with Gasteiger partial charge in [-0.1, -0.05) is 30.3 Å². The molecule has 0 bridgehead atoms. The fourth-order valence-corrected chi connectivity index (χ4v) is 2.80. The Morgan fingerprint density at radius 3 is 2.55 bits per heavy atom. The Hall–Kier alpha value is -2.20. The summed E-state index contributed by atoms with van der Waals surface area (Å²) < 4.78 is 0. The lowest BCUT2D eigenvalue weighted by atomic mass is 10.0. The van der Waals surface area contributed by atoms with E-state index in [0.717, 1.165) is 42.9 Å². The summed E-state index contributed by atoms with van der Waals surface area (Å²) in [6.07, 6.45) is 1.97. The van der Waals surface area contributed by atoms with Gasteiger partial charge in [0.15, 0.2) is 0 Å². The normalized spacial score (nSPS) is 15.5. The molecule has 4 nitrogen and oxygen atoms in total. The minimum atomic E-state index is -0.0171. The van der Waals surface area contributed by atoms with Gasteiger partial charge in [0.05, 0.1) is 17.0 Å². The first-order valence-electron chi connectivity index (χ1n) is 7.78. The fourth-order valence-electron chi connectivity index (χ4n) is 2.80. The van der Waals surface area contributed by atoms with Gasteiger partial charge in [0.2, 0.25) is 0 Å². The average Bonchev–Trinajstić information content (AvgIpc) is 2.56. The fraction of sp³-hybridized carbons (Fsp3) is 0.333. The van der Waals surface area contributed by atoms with E-state index in [-0.39, 0.29) is 11.9 Å². The number of rotatable bonds is 3. The first-order chi connectivity index (χ1) is 10.7. The van der Waals surface area contributed by atoms with Crippen LogP contribution < -0.4 is 10.6 Å². The molecule has 2 heterocycles. The van der Waals surface area contributed by atoms with E-state index in [9.17, 15) is 4.79 Å². The largest absolute Gasteiger partial charge is 0.349 e. The lowest BCUT2D eigenvalue weighted by Gasteiger charge is -2.24. The van der Waals surface area contributed by atoms with Crippen molar-refractivity contribution in [1.82, 2.24) is 15.6 Å². The van der Waals surface area contributed by atoms with Crippen LogP contribution in [0.3, 0.4) is 0 Å². The number of hydrogen-bond acceptors (Lipinski definition) is 3. The van der Waals surface area contributed by atoms with Gasteiger partial charge in [0.25, 0.3) is 5.91 Å². The summed E-state index contributed by atoms with van der Waals surface area (Å²) in [7, 11) is 0. The van der Waals surface area contributed by atoms with Gasteiger partial charge in [-0.05, 0) is 45.0 Å². The third kappa shape index (κ3) is 3.34. The Morgan fingerprint density at radius 2 is 1.86 bits per heavy atom. The van der Waals surface area contributed by atoms with Crippen LogP contribution in [0.2, 0.25) is 0 Å². The highest BCUT2D eigenvalue weighted by atomic mass is 16.1. The highest BCUT2D eigenvalue weighted by Gasteiger charge is 2.18. The second-order valence-electron chi connectivity index (χ2n) is 5.69. The standard InChI is InChI=1S/C18H21N3O/c1-13-16(18(22)21-15-9-11-19-12-10-15)7-8-17(20-13)14-5-3-2-4-6-14/h2-8,15,19H,9-12H2,1H3,(H,21,22). The van der Waals surface area contributed by atoms with Crippen molar-refractivity contribution >= 4 is 5.91 Å². The number of aryl methyl sites for hydroxylation is 1. The van der Waals surface area contributed by atoms with Gasteiger partial charge in [-0.25, -0.2) is 0 Å². The molecule has 4 heteroatoms. The second-order valence-corrected chi connectivity index (χ2v) is 5.69. The van der Waals surface area contributed by atoms with Crippen LogP contribution in [-0.2, 0) is 0 Å². The Kier molecular flexibility index (Phi) is 4.49. The van der Waals surface area contributed by atoms with E-state index in [1.165, 1.54) is 0 Å². The van der Waals surface area contributed by atoms with Crippen LogP contribution in [0.1, 0.15) is 28.9 Å². The van der Waals surface area contributed by atoms with Crippen LogP contribution in [-0.4, -0.2) is 30.0 Å². The lowest BCUT2D eigenvalue weighted by Crippen LogP contribution is -2.42. The summed E-state index contributed by atoms with van der Waals surface area (Å²) in [4.78, 5) is 17.0. The maximum absolute atomic E-state index is 12.4. The smallest absolute Gasteiger partial charge is 0.253 e. The predicted molar refractivity (Wildman–Crippen MR) is 87.8 cm³/mol. The topological polar surface area (TPSA) is 54.0 Å². The number of hydrogen-bond donors (Lipinski definition) is 2. The van der Waals surface area contributed by atoms with Gasteiger partial charge in [0, 0.05) is 11.6 Å². The molecule has 0 radical (unpaired) electrons. The molecule has 0 saturated carbocycles. The molecule has 1 aliphatic rings. The minimum absolute atomic E-state index is 0.0171. The van der Waals surface area contributed by atoms with E-state index in [4.69, 9.17) is 0 Å². The molecule has 1 aromatic heterocycles. The monoisotopic (exact) mass is 295 g/mol. The molecule has 114 valence electrons. The quantitative estimate of drug-likeness (QED) is 0.915. The minimum Gasteiger partial charge on any atom is -0.349 e. The number of carbonyl (C=O) groups excluding carboxylic acids is 1. The zero-order valence-corrected chi connectivity index (χ0v) is 12.8. The average molecular weight is 295 g/mol. The van der Waals surface area contributed by atoms with Crippen molar-refractivity contribution in [2.45, 2.75) is 25.8 Å². The first kappa shape index (κ1) is 14.7. The summed E-state index contributed by atoms with van der Waals surface area (Å²) in [5.41, 5.74) is 3.40. The van der Waals surface area contributed by atoms with Crippen LogP contribution in [0.4, 0.5) is 0 Å². The second kappa shape index (κ2) is 6.71. The van der Waals surface area contributed by atoms with Crippen LogP contribution in [0.25, 0.3) is 11.3 Å². The maximum atomic E-state index is 12.4. The highest BCUT2D eigenvalue weighted by Crippen LogP contribution is 2.18. The van der Waals surface area contributed by atoms with E-state index in [0.29, 0.717) is 5.56 Å². The van der Waals surface area contributed by atoms with E-state index in [1.807, 2.05) is 49.4 Å². The molecule has 1 aromatic carbocycles. The molecule has 0 spiro atoms. The Bertz CT molecular complexity index is 649. The molecule has 1 aliphatic heterocycles. The number of piperidine rings is 1. The van der Waals surface area contributed by atoms with Crippen LogP contribution in [0, 0.1) is 6.92 Å². The van der Waals surface area contributed by atoms with Crippen LogP contribution >= 0.6 is 0 Å². The number of benzene rings is 1. The summed E-state index contributed by atoms with van der Waals surface area (Å²) in [5, 5.41) is 6.42. The molecule has 0 unspecified atom stereocenters. The van der Waals surface area contributed by atoms with Gasteiger partial charge in [-0.15, -0.1) is 0 Å². The van der Waals surface area contributed by atoms with Crippen molar-refractivity contribution in [3.63, 3.8) is 0 Å². The molecular formula is C18H21N3O. The number of pyridine rings is 1. The maximum Gasteiger partial charge on any atom is 0.253 e. The summed E-state index contributed by atoms with van der Waals surface area (Å²) in [6.45, 7) is 3.83. The molecule has 2 N–H and O–H groups in total. The molecule has 1 saturated heterocycles. The SMILES string of the molecule is Cc1nc(-c2ccccc2)ccc1C(=O)NC1CCNCC1. The Morgan fingerprint density at radius 1 is 1.14 bits per heavy atom. The van der Waals surface area contributed by atoms with Gasteiger partial charge in [-0.2, -0.15) is 0 Å². The third-order valence-corrected chi connectivity index (χ3v) is 4.07. The Labute approximate surface area is 131 Å². The molecule has 0 aliphatic carbocycles. The van der Waals surface area contributed by atoms with Crippen molar-refractivity contribution in [3.05, 3.63) is 53.7 Å². The lowest BCUT2D eigenvalue weighted by molar-refractivity contribution is 0.0928. The van der Waals surface area contributed by atoms with Crippen molar-refractivity contribution < 1.29 is 4.79 Å². The molecule has 2 aromatic rings. The van der Waals surface area contributed by atoms with Crippen molar-refractivity contribution in [2.24, 2.45) is 0 Å². The number of carbonyl (C=O) groups is 1. The molecular weight excluding hydrogens is 274 g/mol. The van der Waals surface area contributed by atoms with Crippen molar-refractivity contribution in [3.8, 4) is 11.3 Å². The summed E-state index contributed by atoms with van der Waals surface area (Å²) in [6, 6.07) is 14.1. The number of aromatic nitrogens is 1. The number of amides is 1. The van der Waals surface area contributed by atoms with Crippen molar-refractivity contribution in [2.75, 3.05) is 13.1 Å². The summed E-state index contributed by atoms with van der Waals surface area (Å²) in [5.74, 6) is -0.0171. The highest BCUT2D eigenvalue weighted by molar-refractivity contribution is 5.95. The predicted octanol–water partition coefficient (Wildman–Crippen LogP) is 2.54. The van der Waals surface area contributed by atoms with Gasteiger partial charge in [-0.3, -0.25) is 9.78 Å². The third-order valence-electron chi connectivity index (χ3n) is 4.07. The van der Waals surface area contributed by atoms with Gasteiger partial charge in [0.1, 0.15) is 0 Å². The van der Waals surface area contributed by atoms with Crippen LogP contribution in [0.15, 0.2) is 42.5 Å². The van der Waals surface area contributed by atoms with E-state index >= 15 is 0 Å². The molecule has 22 heavy (non-hydrogen) atoms. The van der Waals surface area contributed by atoms with Gasteiger partial charge < -0.3 is 10.6 Å². The van der Waals surface area contributed by atoms with E-state index < -0.39 is 0 Å². The molecule has 3 rings (SSSR count). The zero-order valence-electron chi connectivity index (χ0n) is 12.8. The number of nitrogens with zero attached hydrogens (tertiary/aromatic N) is 1. The van der Waals surface area contributed by atoms with E-state index in [2.05, 4.69) is 15.6 Å².